The fourth-order valence-electron chi connectivity index (χ4n) is 2.25. The number of hydrogen-bond donors (Lipinski definition) is 1. The van der Waals surface area contributed by atoms with Gasteiger partial charge in [-0.1, -0.05) is 0 Å². The molecule has 0 aliphatic rings. The summed E-state index contributed by atoms with van der Waals surface area (Å²) < 4.78 is 5.32. The number of rotatable bonds is 7. The van der Waals surface area contributed by atoms with E-state index in [1.165, 1.54) is 6.26 Å². The Balaban J connectivity index is 2.20. The summed E-state index contributed by atoms with van der Waals surface area (Å²) in [6.45, 7) is 0.163. The number of carbonyl (C=O) groups is 1. The molecule has 0 unspecified atom stereocenters. The molecule has 1 N–H and O–H groups in total. The van der Waals surface area contributed by atoms with E-state index < -0.39 is 27.1 Å². The molecule has 0 fully saturated rings. The fourth-order valence-corrected chi connectivity index (χ4v) is 2.25. The third-order valence-corrected chi connectivity index (χ3v) is 3.54. The van der Waals surface area contributed by atoms with Gasteiger partial charge in [-0.2, -0.15) is 0 Å². The molecule has 0 bridgehead atoms. The van der Waals surface area contributed by atoms with Crippen molar-refractivity contribution in [3.63, 3.8) is 0 Å². The molecule has 25 heavy (non-hydrogen) atoms. The van der Waals surface area contributed by atoms with Crippen LogP contribution in [-0.4, -0.2) is 41.3 Å². The molecule has 10 heteroatoms. The highest BCUT2D eigenvalue weighted by atomic mass is 16.6. The number of likely N-dealkylation sites (N-methyl/N-ethyl adjacent to an activating group) is 1. The van der Waals surface area contributed by atoms with E-state index in [4.69, 9.17) is 4.42 Å². The maximum absolute atomic E-state index is 12.3. The summed E-state index contributed by atoms with van der Waals surface area (Å²) in [6, 6.07) is 6.03. The molecule has 2 aromatic rings. The molecule has 0 spiro atoms. The quantitative estimate of drug-likeness (QED) is 0.598. The Morgan fingerprint density at radius 3 is 2.24 bits per heavy atom. The van der Waals surface area contributed by atoms with Crippen LogP contribution in [0.4, 0.5) is 11.4 Å². The minimum atomic E-state index is -0.782. The summed E-state index contributed by atoms with van der Waals surface area (Å²) in [6.07, 6.45) is 1.51. The van der Waals surface area contributed by atoms with Crippen molar-refractivity contribution < 1.29 is 19.1 Å². The number of carbonyl (C=O) groups excluding carboxylic acids is 1. The van der Waals surface area contributed by atoms with Gasteiger partial charge in [0.15, 0.2) is 0 Å². The lowest BCUT2D eigenvalue weighted by Gasteiger charge is -2.22. The first-order chi connectivity index (χ1) is 11.8. The van der Waals surface area contributed by atoms with E-state index >= 15 is 0 Å². The van der Waals surface area contributed by atoms with Crippen molar-refractivity contribution in [2.45, 2.75) is 6.04 Å². The van der Waals surface area contributed by atoms with Crippen molar-refractivity contribution in [3.8, 4) is 0 Å². The molecule has 1 aromatic carbocycles. The molecule has 1 aromatic heterocycles. The van der Waals surface area contributed by atoms with Crippen LogP contribution in [-0.2, 0) is 0 Å². The molecule has 2 rings (SSSR count). The number of nitrogens with one attached hydrogen (secondary N) is 1. The molecule has 132 valence electrons. The molecule has 1 atom stereocenters. The summed E-state index contributed by atoms with van der Waals surface area (Å²) >= 11 is 0. The fraction of sp³-hybridized carbons (Fsp3) is 0.267. The third kappa shape index (κ3) is 4.38. The van der Waals surface area contributed by atoms with Crippen molar-refractivity contribution in [1.82, 2.24) is 10.2 Å². The standard InChI is InChI=1S/C15H16N4O6/c1-17(2)13(14-4-3-5-25-14)9-16-15(20)10-6-11(18(21)22)8-12(7-10)19(23)24/h3-8,13H,9H2,1-2H3,(H,16,20)/t13-/m1/s1. The van der Waals surface area contributed by atoms with E-state index in [0.29, 0.717) is 5.76 Å². The second kappa shape index (κ2) is 7.53. The summed E-state index contributed by atoms with van der Waals surface area (Å²) in [5, 5.41) is 24.4. The molecule has 0 saturated carbocycles. The predicted molar refractivity (Wildman–Crippen MR) is 87.2 cm³/mol. The van der Waals surface area contributed by atoms with Crippen LogP contribution in [0.15, 0.2) is 41.0 Å². The Bertz CT molecular complexity index is 755. The number of nitro benzene ring substituents is 2. The van der Waals surface area contributed by atoms with Gasteiger partial charge in [-0.05, 0) is 26.2 Å². The smallest absolute Gasteiger partial charge is 0.277 e. The molecule has 10 nitrogen and oxygen atoms in total. The lowest BCUT2D eigenvalue weighted by molar-refractivity contribution is -0.394. The van der Waals surface area contributed by atoms with Crippen LogP contribution in [0.3, 0.4) is 0 Å². The Morgan fingerprint density at radius 2 is 1.80 bits per heavy atom. The van der Waals surface area contributed by atoms with Gasteiger partial charge in [-0.3, -0.25) is 29.9 Å². The minimum absolute atomic E-state index is 0.155. The maximum Gasteiger partial charge on any atom is 0.277 e. The summed E-state index contributed by atoms with van der Waals surface area (Å²) in [4.78, 5) is 34.3. The maximum atomic E-state index is 12.3. The lowest BCUT2D eigenvalue weighted by atomic mass is 10.1. The van der Waals surface area contributed by atoms with E-state index in [1.54, 1.807) is 26.2 Å². The Hall–Kier alpha value is -3.27. The third-order valence-electron chi connectivity index (χ3n) is 3.54. The first-order valence-electron chi connectivity index (χ1n) is 7.21. The number of nitro groups is 2. The Kier molecular flexibility index (Phi) is 5.45. The molecular formula is C15H16N4O6. The number of non-ortho nitro benzene ring substituents is 2. The van der Waals surface area contributed by atoms with Crippen LogP contribution < -0.4 is 5.32 Å². The summed E-state index contributed by atoms with van der Waals surface area (Å²) in [7, 11) is 3.61. The topological polar surface area (TPSA) is 132 Å². The van der Waals surface area contributed by atoms with Gasteiger partial charge in [0.2, 0.25) is 0 Å². The number of amides is 1. The van der Waals surface area contributed by atoms with Crippen LogP contribution in [0.5, 0.6) is 0 Å². The van der Waals surface area contributed by atoms with Crippen molar-refractivity contribution in [1.29, 1.82) is 0 Å². The van der Waals surface area contributed by atoms with E-state index in [-0.39, 0.29) is 18.2 Å². The second-order valence-corrected chi connectivity index (χ2v) is 5.46. The van der Waals surface area contributed by atoms with Crippen LogP contribution >= 0.6 is 0 Å². The number of benzene rings is 1. The SMILES string of the molecule is CN(C)[C@H](CNC(=O)c1cc([N+](=O)[O-])cc([N+](=O)[O-])c1)c1ccco1. The number of hydrogen-bond acceptors (Lipinski definition) is 7. The summed E-state index contributed by atoms with van der Waals surface area (Å²) in [5.74, 6) is -0.0134. The zero-order chi connectivity index (χ0) is 18.6. The molecule has 0 saturated heterocycles. The normalized spacial score (nSPS) is 12.0. The van der Waals surface area contributed by atoms with Gasteiger partial charge in [-0.15, -0.1) is 0 Å². The lowest BCUT2D eigenvalue weighted by Crippen LogP contribution is -2.34. The first-order valence-corrected chi connectivity index (χ1v) is 7.21. The van der Waals surface area contributed by atoms with Gasteiger partial charge in [0, 0.05) is 18.7 Å². The zero-order valence-electron chi connectivity index (χ0n) is 13.5. The number of nitrogens with zero attached hydrogens (tertiary/aromatic N) is 3. The second-order valence-electron chi connectivity index (χ2n) is 5.46. The molecular weight excluding hydrogens is 332 g/mol. The molecule has 1 amide bonds. The highest BCUT2D eigenvalue weighted by molar-refractivity contribution is 5.95. The molecule has 0 aliphatic carbocycles. The van der Waals surface area contributed by atoms with Gasteiger partial charge in [-0.25, -0.2) is 0 Å². The van der Waals surface area contributed by atoms with Crippen molar-refractivity contribution in [2.75, 3.05) is 20.6 Å². The van der Waals surface area contributed by atoms with Crippen molar-refractivity contribution in [2.24, 2.45) is 0 Å². The van der Waals surface area contributed by atoms with Gasteiger partial charge >= 0.3 is 0 Å². The largest absolute Gasteiger partial charge is 0.468 e. The van der Waals surface area contributed by atoms with E-state index in [0.717, 1.165) is 18.2 Å². The first kappa shape index (κ1) is 18.1. The van der Waals surface area contributed by atoms with Gasteiger partial charge < -0.3 is 9.73 Å². The minimum Gasteiger partial charge on any atom is -0.468 e. The van der Waals surface area contributed by atoms with Crippen LogP contribution in [0, 0.1) is 20.2 Å². The average molecular weight is 348 g/mol. The van der Waals surface area contributed by atoms with Crippen molar-refractivity contribution in [3.05, 3.63) is 68.1 Å². The van der Waals surface area contributed by atoms with Crippen LogP contribution in [0.25, 0.3) is 0 Å². The van der Waals surface area contributed by atoms with Crippen LogP contribution in [0.2, 0.25) is 0 Å². The van der Waals surface area contributed by atoms with E-state index in [9.17, 15) is 25.0 Å². The van der Waals surface area contributed by atoms with E-state index in [2.05, 4.69) is 5.32 Å². The highest BCUT2D eigenvalue weighted by Gasteiger charge is 2.22. The number of furan rings is 1. The molecule has 1 heterocycles. The van der Waals surface area contributed by atoms with Crippen LogP contribution in [0.1, 0.15) is 22.2 Å². The highest BCUT2D eigenvalue weighted by Crippen LogP contribution is 2.23. The predicted octanol–water partition coefficient (Wildman–Crippen LogP) is 2.13. The monoisotopic (exact) mass is 348 g/mol. The zero-order valence-corrected chi connectivity index (χ0v) is 13.5. The average Bonchev–Trinajstić information content (AvgIpc) is 3.08. The van der Waals surface area contributed by atoms with Gasteiger partial charge in [0.25, 0.3) is 17.3 Å². The van der Waals surface area contributed by atoms with Crippen molar-refractivity contribution >= 4 is 17.3 Å². The molecule has 0 radical (unpaired) electrons. The van der Waals surface area contributed by atoms with Gasteiger partial charge in [0.05, 0.1) is 33.8 Å². The van der Waals surface area contributed by atoms with Gasteiger partial charge in [0.1, 0.15) is 5.76 Å². The molecule has 0 aliphatic heterocycles. The summed E-state index contributed by atoms with van der Waals surface area (Å²) in [5.41, 5.74) is -1.19. The Morgan fingerprint density at radius 1 is 1.20 bits per heavy atom. The Labute approximate surface area is 142 Å². The van der Waals surface area contributed by atoms with E-state index in [1.807, 2.05) is 4.90 Å².